The van der Waals surface area contributed by atoms with Crippen molar-refractivity contribution in [2.24, 2.45) is 0 Å². The molecular formula is C15H15ClO3. The lowest BCUT2D eigenvalue weighted by Crippen LogP contribution is -2.15. The van der Waals surface area contributed by atoms with Crippen LogP contribution in [0.3, 0.4) is 0 Å². The average Bonchev–Trinajstić information content (AvgIpc) is 2.45. The van der Waals surface area contributed by atoms with Crippen molar-refractivity contribution in [3.8, 4) is 11.5 Å². The van der Waals surface area contributed by atoms with Crippen molar-refractivity contribution < 1.29 is 14.2 Å². The van der Waals surface area contributed by atoms with Crippen molar-refractivity contribution in [2.45, 2.75) is 12.0 Å². The van der Waals surface area contributed by atoms with Crippen molar-refractivity contribution >= 4 is 22.4 Å². The van der Waals surface area contributed by atoms with Crippen LogP contribution in [-0.4, -0.2) is 20.8 Å². The molecule has 1 aliphatic rings. The molecule has 19 heavy (non-hydrogen) atoms. The molecule has 0 saturated carbocycles. The normalized spacial score (nSPS) is 18.2. The first kappa shape index (κ1) is 12.6. The highest BCUT2D eigenvalue weighted by Gasteiger charge is 2.28. The van der Waals surface area contributed by atoms with Crippen LogP contribution < -0.4 is 9.47 Å². The van der Waals surface area contributed by atoms with Gasteiger partial charge in [0.1, 0.15) is 11.5 Å². The maximum absolute atomic E-state index is 6.40. The fourth-order valence-electron chi connectivity index (χ4n) is 2.72. The van der Waals surface area contributed by atoms with Gasteiger partial charge in [0.25, 0.3) is 0 Å². The number of rotatable bonds is 2. The Bertz CT molecular complexity index is 624. The van der Waals surface area contributed by atoms with Crippen LogP contribution in [0.15, 0.2) is 24.3 Å². The first-order valence-corrected chi connectivity index (χ1v) is 6.58. The predicted molar refractivity (Wildman–Crippen MR) is 75.3 cm³/mol. The summed E-state index contributed by atoms with van der Waals surface area (Å²) in [5.41, 5.74) is 1.98. The molecule has 0 aliphatic carbocycles. The van der Waals surface area contributed by atoms with Gasteiger partial charge in [0, 0.05) is 21.9 Å². The lowest BCUT2D eigenvalue weighted by molar-refractivity contribution is 0.104. The second kappa shape index (κ2) is 4.91. The fraction of sp³-hybridized carbons (Fsp3) is 0.333. The van der Waals surface area contributed by atoms with Gasteiger partial charge in [-0.15, -0.1) is 11.6 Å². The quantitative estimate of drug-likeness (QED) is 0.785. The maximum Gasteiger partial charge on any atom is 0.132 e. The topological polar surface area (TPSA) is 27.7 Å². The van der Waals surface area contributed by atoms with Crippen LogP contribution in [0.5, 0.6) is 11.5 Å². The van der Waals surface area contributed by atoms with Crippen molar-refractivity contribution in [1.82, 2.24) is 0 Å². The van der Waals surface area contributed by atoms with Gasteiger partial charge in [-0.1, -0.05) is 24.3 Å². The zero-order valence-corrected chi connectivity index (χ0v) is 11.7. The molecule has 1 atom stereocenters. The number of fused-ring (bicyclic) bond motifs is 2. The van der Waals surface area contributed by atoms with Crippen LogP contribution in [0.2, 0.25) is 0 Å². The van der Waals surface area contributed by atoms with Crippen LogP contribution >= 0.6 is 11.6 Å². The molecule has 3 nitrogen and oxygen atoms in total. The highest BCUT2D eigenvalue weighted by Crippen LogP contribution is 2.47. The average molecular weight is 279 g/mol. The number of benzene rings is 2. The Morgan fingerprint density at radius 3 is 2.37 bits per heavy atom. The third-order valence-electron chi connectivity index (χ3n) is 3.49. The Kier molecular flexibility index (Phi) is 3.25. The summed E-state index contributed by atoms with van der Waals surface area (Å²) in [6.07, 6.45) is 0. The Morgan fingerprint density at radius 2 is 1.74 bits per heavy atom. The van der Waals surface area contributed by atoms with Gasteiger partial charge >= 0.3 is 0 Å². The largest absolute Gasteiger partial charge is 0.496 e. The third-order valence-corrected chi connectivity index (χ3v) is 3.84. The van der Waals surface area contributed by atoms with Crippen LogP contribution in [0.4, 0.5) is 0 Å². The van der Waals surface area contributed by atoms with E-state index >= 15 is 0 Å². The second-order valence-corrected chi connectivity index (χ2v) is 5.01. The molecule has 0 bridgehead atoms. The number of hydrogen-bond acceptors (Lipinski definition) is 3. The molecule has 1 aliphatic heterocycles. The molecule has 0 fully saturated rings. The molecule has 0 radical (unpaired) electrons. The highest BCUT2D eigenvalue weighted by atomic mass is 35.5. The summed E-state index contributed by atoms with van der Waals surface area (Å²) in [5, 5.41) is 1.83. The summed E-state index contributed by atoms with van der Waals surface area (Å²) >= 11 is 6.40. The van der Waals surface area contributed by atoms with E-state index < -0.39 is 0 Å². The van der Waals surface area contributed by atoms with E-state index in [4.69, 9.17) is 25.8 Å². The SMILES string of the molecule is COc1c2c(c(OC)c3ccccc13)C(Cl)COC2. The number of hydrogen-bond donors (Lipinski definition) is 0. The summed E-state index contributed by atoms with van der Waals surface area (Å²) in [7, 11) is 3.35. The summed E-state index contributed by atoms with van der Waals surface area (Å²) < 4.78 is 16.7. The van der Waals surface area contributed by atoms with E-state index in [2.05, 4.69) is 0 Å². The highest BCUT2D eigenvalue weighted by molar-refractivity contribution is 6.22. The van der Waals surface area contributed by atoms with E-state index in [1.807, 2.05) is 24.3 Å². The van der Waals surface area contributed by atoms with Crippen molar-refractivity contribution in [2.75, 3.05) is 20.8 Å². The summed E-state index contributed by atoms with van der Waals surface area (Å²) in [6.45, 7) is 0.995. The molecule has 0 N–H and O–H groups in total. The molecule has 0 aromatic heterocycles. The predicted octanol–water partition coefficient (Wildman–Crippen LogP) is 3.67. The van der Waals surface area contributed by atoms with Gasteiger partial charge in [0.2, 0.25) is 0 Å². The van der Waals surface area contributed by atoms with Gasteiger partial charge < -0.3 is 14.2 Å². The molecule has 4 heteroatoms. The summed E-state index contributed by atoms with van der Waals surface area (Å²) in [6, 6.07) is 8.02. The Morgan fingerprint density at radius 1 is 1.11 bits per heavy atom. The Labute approximate surface area is 117 Å². The third kappa shape index (κ3) is 1.85. The monoisotopic (exact) mass is 278 g/mol. The molecule has 1 unspecified atom stereocenters. The van der Waals surface area contributed by atoms with Gasteiger partial charge in [0.05, 0.1) is 32.8 Å². The molecule has 0 spiro atoms. The lowest BCUT2D eigenvalue weighted by Gasteiger charge is -2.27. The fourth-order valence-corrected chi connectivity index (χ4v) is 3.04. The van der Waals surface area contributed by atoms with Gasteiger partial charge in [0.15, 0.2) is 0 Å². The Hall–Kier alpha value is -1.45. The van der Waals surface area contributed by atoms with Crippen molar-refractivity contribution in [3.63, 3.8) is 0 Å². The maximum atomic E-state index is 6.40. The van der Waals surface area contributed by atoms with E-state index in [1.54, 1.807) is 14.2 Å². The molecule has 2 aromatic carbocycles. The zero-order valence-electron chi connectivity index (χ0n) is 10.9. The minimum atomic E-state index is -0.211. The zero-order chi connectivity index (χ0) is 13.4. The minimum absolute atomic E-state index is 0.211. The minimum Gasteiger partial charge on any atom is -0.496 e. The van der Waals surface area contributed by atoms with Crippen molar-refractivity contribution in [1.29, 1.82) is 0 Å². The van der Waals surface area contributed by atoms with Gasteiger partial charge in [-0.25, -0.2) is 0 Å². The molecule has 0 amide bonds. The second-order valence-electron chi connectivity index (χ2n) is 4.49. The standard InChI is InChI=1S/C15H15ClO3/c1-17-14-9-5-3-4-6-10(9)15(18-2)13-11(14)7-19-8-12(13)16/h3-6,12H,7-8H2,1-2H3. The van der Waals surface area contributed by atoms with E-state index in [1.165, 1.54) is 0 Å². The smallest absolute Gasteiger partial charge is 0.132 e. The molecule has 100 valence electrons. The van der Waals surface area contributed by atoms with E-state index in [0.717, 1.165) is 33.4 Å². The molecule has 3 rings (SSSR count). The van der Waals surface area contributed by atoms with Crippen LogP contribution in [0.25, 0.3) is 10.8 Å². The van der Waals surface area contributed by atoms with Gasteiger partial charge in [-0.2, -0.15) is 0 Å². The van der Waals surface area contributed by atoms with Gasteiger partial charge in [-0.3, -0.25) is 0 Å². The van der Waals surface area contributed by atoms with Gasteiger partial charge in [-0.05, 0) is 0 Å². The molecule has 0 saturated heterocycles. The summed E-state index contributed by atoms with van der Waals surface area (Å²) in [4.78, 5) is 0. The number of methoxy groups -OCH3 is 2. The Balaban J connectivity index is 2.44. The van der Waals surface area contributed by atoms with Crippen molar-refractivity contribution in [3.05, 3.63) is 35.4 Å². The van der Waals surface area contributed by atoms with E-state index in [-0.39, 0.29) is 5.38 Å². The summed E-state index contributed by atoms with van der Waals surface area (Å²) in [5.74, 6) is 1.66. The van der Waals surface area contributed by atoms with Crippen LogP contribution in [0, 0.1) is 0 Å². The first-order chi connectivity index (χ1) is 9.27. The first-order valence-electron chi connectivity index (χ1n) is 6.15. The molecule has 2 aromatic rings. The molecule has 1 heterocycles. The lowest BCUT2D eigenvalue weighted by atomic mass is 9.94. The van der Waals surface area contributed by atoms with E-state index in [9.17, 15) is 0 Å². The number of ether oxygens (including phenoxy) is 3. The number of halogens is 1. The van der Waals surface area contributed by atoms with E-state index in [0.29, 0.717) is 13.2 Å². The molecular weight excluding hydrogens is 264 g/mol. The van der Waals surface area contributed by atoms with Crippen LogP contribution in [-0.2, 0) is 11.3 Å². The van der Waals surface area contributed by atoms with Crippen LogP contribution in [0.1, 0.15) is 16.5 Å². The number of alkyl halides is 1.